The fourth-order valence-corrected chi connectivity index (χ4v) is 10.7. The van der Waals surface area contributed by atoms with E-state index >= 15 is 0 Å². The van der Waals surface area contributed by atoms with Crippen molar-refractivity contribution in [1.82, 2.24) is 34.5 Å². The second-order valence-electron chi connectivity index (χ2n) is 15.4. The molecule has 9 aromatic rings. The number of H-pyrrole nitrogens is 2. The molecular weight excluding hydrogens is 827 g/mol. The van der Waals surface area contributed by atoms with E-state index in [1.54, 1.807) is 22.7 Å². The van der Waals surface area contributed by atoms with Gasteiger partial charge in [0.2, 0.25) is 0 Å². The third kappa shape index (κ3) is 7.11. The van der Waals surface area contributed by atoms with Crippen LogP contribution >= 0.6 is 22.7 Å². The second-order valence-corrected chi connectivity index (χ2v) is 17.4. The molecule has 0 amide bonds. The van der Waals surface area contributed by atoms with Gasteiger partial charge in [-0.25, -0.2) is 19.9 Å². The number of thiazole rings is 2. The zero-order valence-electron chi connectivity index (χ0n) is 34.3. The summed E-state index contributed by atoms with van der Waals surface area (Å²) in [5, 5.41) is 24.9. The first kappa shape index (κ1) is 38.8. The fourth-order valence-electron chi connectivity index (χ4n) is 8.50. The number of aromatic amines is 2. The van der Waals surface area contributed by atoms with Crippen LogP contribution in [-0.2, 0) is 16.0 Å². The number of aryl methyl sites for hydroxylation is 1. The van der Waals surface area contributed by atoms with E-state index in [-0.39, 0.29) is 0 Å². The highest BCUT2D eigenvalue weighted by atomic mass is 32.1. The molecule has 0 atom stereocenters. The summed E-state index contributed by atoms with van der Waals surface area (Å²) >= 11 is 3.15. The van der Waals surface area contributed by atoms with Crippen LogP contribution in [0, 0.1) is 22.7 Å². The summed E-state index contributed by atoms with van der Waals surface area (Å²) in [6, 6.07) is 33.5. The van der Waals surface area contributed by atoms with E-state index in [0.29, 0.717) is 49.2 Å². The number of para-hydroxylation sites is 4. The normalized spacial score (nSPS) is 15.2. The maximum Gasteiger partial charge on any atom is 0.186 e. The Balaban J connectivity index is 1.05. The van der Waals surface area contributed by atoms with Gasteiger partial charge in [-0.2, -0.15) is 10.5 Å². The average Bonchev–Trinajstić information content (AvgIpc) is 4.18. The lowest BCUT2D eigenvalue weighted by atomic mass is 10.0. The largest absolute Gasteiger partial charge is 0.378 e. The van der Waals surface area contributed by atoms with Crippen molar-refractivity contribution in [3.8, 4) is 34.7 Å². The van der Waals surface area contributed by atoms with Crippen LogP contribution in [0.1, 0.15) is 28.3 Å². The second kappa shape index (κ2) is 16.3. The summed E-state index contributed by atoms with van der Waals surface area (Å²) in [6.45, 7) is 8.45. The van der Waals surface area contributed by atoms with Gasteiger partial charge in [0.05, 0.1) is 80.8 Å². The third-order valence-electron chi connectivity index (χ3n) is 11.7. The maximum atomic E-state index is 10.5. The van der Waals surface area contributed by atoms with E-state index in [0.717, 1.165) is 119 Å². The van der Waals surface area contributed by atoms with E-state index in [2.05, 4.69) is 79.8 Å². The van der Waals surface area contributed by atoms with Gasteiger partial charge in [0, 0.05) is 65.7 Å². The number of ether oxygens (including phenoxy) is 2. The van der Waals surface area contributed by atoms with Crippen molar-refractivity contribution in [3.05, 3.63) is 106 Å². The molecule has 2 saturated heterocycles. The van der Waals surface area contributed by atoms with Gasteiger partial charge in [-0.05, 0) is 67.6 Å². The molecule has 0 bridgehead atoms. The summed E-state index contributed by atoms with van der Waals surface area (Å²) in [6.07, 6.45) is 3.83. The summed E-state index contributed by atoms with van der Waals surface area (Å²) in [7, 11) is 0. The molecule has 2 fully saturated rings. The van der Waals surface area contributed by atoms with Crippen LogP contribution in [0.25, 0.3) is 89.7 Å². The number of fused-ring (bicyclic) bond motifs is 5. The van der Waals surface area contributed by atoms with Gasteiger partial charge >= 0.3 is 0 Å². The molecule has 11 rings (SSSR count). The lowest BCUT2D eigenvalue weighted by Gasteiger charge is -2.26. The predicted molar refractivity (Wildman–Crippen MR) is 253 cm³/mol. The van der Waals surface area contributed by atoms with Crippen LogP contribution in [0.2, 0.25) is 0 Å². The summed E-state index contributed by atoms with van der Waals surface area (Å²) < 4.78 is 13.7. The molecule has 2 aliphatic heterocycles. The van der Waals surface area contributed by atoms with Gasteiger partial charge in [-0.1, -0.05) is 59.1 Å². The minimum atomic E-state index is 0.433. The zero-order valence-corrected chi connectivity index (χ0v) is 35.9. The molecule has 4 aromatic carbocycles. The molecule has 0 unspecified atom stereocenters. The van der Waals surface area contributed by atoms with Crippen molar-refractivity contribution in [2.45, 2.75) is 13.5 Å². The minimum Gasteiger partial charge on any atom is -0.378 e. The van der Waals surface area contributed by atoms with Gasteiger partial charge in [0.15, 0.2) is 10.3 Å². The number of morpholine rings is 2. The van der Waals surface area contributed by atoms with Crippen LogP contribution in [-0.4, -0.2) is 87.1 Å². The lowest BCUT2D eigenvalue weighted by Crippen LogP contribution is -2.36. The zero-order chi connectivity index (χ0) is 42.4. The van der Waals surface area contributed by atoms with E-state index in [1.165, 1.54) is 0 Å². The monoisotopic (exact) mass is 865 g/mol. The molecule has 310 valence electrons. The summed E-state index contributed by atoms with van der Waals surface area (Å²) in [5.74, 6) is 1.04. The highest BCUT2D eigenvalue weighted by molar-refractivity contribution is 7.17. The molecule has 0 radical (unpaired) electrons. The number of aromatic nitrogens is 7. The smallest absolute Gasteiger partial charge is 0.186 e. The first-order valence-electron chi connectivity index (χ1n) is 20.9. The van der Waals surface area contributed by atoms with Gasteiger partial charge in [-0.15, -0.1) is 0 Å². The number of hydrogen-bond donors (Lipinski definition) is 2. The maximum absolute atomic E-state index is 10.5. The molecule has 0 saturated carbocycles. The minimum absolute atomic E-state index is 0.433. The van der Waals surface area contributed by atoms with Crippen molar-refractivity contribution in [2.24, 2.45) is 0 Å². The lowest BCUT2D eigenvalue weighted by molar-refractivity contribution is 0.122. The van der Waals surface area contributed by atoms with Crippen LogP contribution < -0.4 is 9.80 Å². The number of anilines is 2. The Bertz CT molecular complexity index is 3070. The van der Waals surface area contributed by atoms with Gasteiger partial charge < -0.3 is 33.8 Å². The topological polar surface area (TPSA) is 161 Å². The third-order valence-corrected chi connectivity index (χ3v) is 13.8. The molecule has 0 spiro atoms. The number of nitriles is 2. The first-order valence-corrected chi connectivity index (χ1v) is 22.6. The van der Waals surface area contributed by atoms with Gasteiger partial charge in [-0.3, -0.25) is 0 Å². The summed E-state index contributed by atoms with van der Waals surface area (Å²) in [4.78, 5) is 33.0. The Morgan fingerprint density at radius 1 is 0.635 bits per heavy atom. The van der Waals surface area contributed by atoms with E-state index in [4.69, 9.17) is 29.4 Å². The van der Waals surface area contributed by atoms with Crippen LogP contribution in [0.5, 0.6) is 0 Å². The number of allylic oxidation sites excluding steroid dienone is 2. The molecule has 0 aliphatic carbocycles. The Kier molecular flexibility index (Phi) is 10.0. The molecule has 63 heavy (non-hydrogen) atoms. The number of rotatable bonds is 9. The van der Waals surface area contributed by atoms with Crippen molar-refractivity contribution in [1.29, 1.82) is 10.5 Å². The quantitative estimate of drug-likeness (QED) is 0.134. The highest BCUT2D eigenvalue weighted by Crippen LogP contribution is 2.42. The average molecular weight is 866 g/mol. The molecule has 2 aliphatic rings. The van der Waals surface area contributed by atoms with Crippen LogP contribution in [0.4, 0.5) is 10.3 Å². The number of nitrogens with one attached hydrogen (secondary N) is 2. The van der Waals surface area contributed by atoms with Crippen molar-refractivity contribution in [3.63, 3.8) is 0 Å². The molecule has 5 aromatic heterocycles. The van der Waals surface area contributed by atoms with Crippen molar-refractivity contribution in [2.75, 3.05) is 62.4 Å². The Morgan fingerprint density at radius 2 is 1.08 bits per heavy atom. The summed E-state index contributed by atoms with van der Waals surface area (Å²) in [5.41, 5.74) is 9.94. The SMILES string of the molecule is CCn1c2ccc(-c3nc(N4CCOCC4)sc3/C=C(\C#N)c3nc4ccccc4[nH]3)cc2c2cc(-c3nc(N4CCOCC4)sc3/C=C(\C#N)c3nc4ccccc4[nH]3)ccc21. The Morgan fingerprint density at radius 3 is 1.49 bits per heavy atom. The number of hydrogen-bond acceptors (Lipinski definition) is 12. The van der Waals surface area contributed by atoms with Crippen molar-refractivity contribution >= 4 is 100 Å². The molecular formula is C48H39N11O2S2. The highest BCUT2D eigenvalue weighted by Gasteiger charge is 2.24. The van der Waals surface area contributed by atoms with Gasteiger partial charge in [0.1, 0.15) is 23.8 Å². The molecule has 7 heterocycles. The molecule has 13 nitrogen and oxygen atoms in total. The number of imidazole rings is 2. The number of nitrogens with zero attached hydrogens (tertiary/aromatic N) is 9. The van der Waals surface area contributed by atoms with E-state index in [1.807, 2.05) is 60.7 Å². The van der Waals surface area contributed by atoms with E-state index < -0.39 is 0 Å². The standard InChI is InChI=1S/C48H39N11O2S2/c1-2-59-39-13-11-29(43-41(62-47(55-43)57-15-19-60-20-16-57)25-31(27-49)45-51-35-7-3-4-8-36(35)52-45)23-33(39)34-24-30(12-14-40(34)59)44-42(63-48(56-44)58-17-21-61-22-18-58)26-32(28-50)46-53-37-9-5-6-10-38(37)54-46/h3-14,23-26H,2,15-22H2,1H3,(H,51,52)(H,53,54)/b31-25+,32-26+. The first-order chi connectivity index (χ1) is 31.0. The number of benzene rings is 4. The fraction of sp³-hybridized carbons (Fsp3) is 0.208. The van der Waals surface area contributed by atoms with Crippen LogP contribution in [0.15, 0.2) is 84.9 Å². The van der Waals surface area contributed by atoms with Crippen molar-refractivity contribution < 1.29 is 9.47 Å². The molecule has 2 N–H and O–H groups in total. The Hall–Kier alpha value is -7.14. The van der Waals surface area contributed by atoms with Crippen LogP contribution in [0.3, 0.4) is 0 Å². The Labute approximate surface area is 369 Å². The van der Waals surface area contributed by atoms with E-state index in [9.17, 15) is 10.5 Å². The van der Waals surface area contributed by atoms with Gasteiger partial charge in [0.25, 0.3) is 0 Å². The molecule has 15 heteroatoms. The predicted octanol–water partition coefficient (Wildman–Crippen LogP) is 9.62.